The van der Waals surface area contributed by atoms with E-state index in [1.165, 1.54) is 0 Å². The lowest BCUT2D eigenvalue weighted by molar-refractivity contribution is 0.414. The topological polar surface area (TPSA) is 39.4 Å². The fourth-order valence-electron chi connectivity index (χ4n) is 3.62. The Balaban J connectivity index is 2.01. The normalized spacial score (nSPS) is 11.6. The Labute approximate surface area is 143 Å². The summed E-state index contributed by atoms with van der Waals surface area (Å²) in [5, 5.41) is 6.71. The van der Waals surface area contributed by atoms with Crippen LogP contribution in [0, 0.1) is 0 Å². The maximum atomic E-state index is 12.7. The molecule has 5 aromatic rings. The standard InChI is InChI=1S/C22H14O3/c1-24-14-7-9-17-19-11-10-16-15-5-3-2-4-13(15)6-8-18(16)21(19)22(23)25-20(17)12-14/h2-12H,1H3. The molecular weight excluding hydrogens is 312 g/mol. The molecule has 1 aromatic heterocycles. The van der Waals surface area contributed by atoms with E-state index in [1.54, 1.807) is 13.2 Å². The molecule has 0 amide bonds. The monoisotopic (exact) mass is 326 g/mol. The second-order valence-electron chi connectivity index (χ2n) is 6.12. The third-order valence-electron chi connectivity index (χ3n) is 4.81. The minimum absolute atomic E-state index is 0.323. The Morgan fingerprint density at radius 2 is 1.48 bits per heavy atom. The molecule has 0 radical (unpaired) electrons. The molecule has 0 unspecified atom stereocenters. The summed E-state index contributed by atoms with van der Waals surface area (Å²) in [6, 6.07) is 21.9. The van der Waals surface area contributed by atoms with Crippen LogP contribution in [0.3, 0.4) is 0 Å². The van der Waals surface area contributed by atoms with Gasteiger partial charge in [-0.2, -0.15) is 0 Å². The molecule has 4 aromatic carbocycles. The average Bonchev–Trinajstić information content (AvgIpc) is 2.66. The maximum Gasteiger partial charge on any atom is 0.344 e. The molecule has 0 aliphatic carbocycles. The van der Waals surface area contributed by atoms with E-state index in [0.717, 1.165) is 32.3 Å². The molecule has 0 spiro atoms. The first-order valence-corrected chi connectivity index (χ1v) is 8.11. The van der Waals surface area contributed by atoms with Crippen LogP contribution >= 0.6 is 0 Å². The summed E-state index contributed by atoms with van der Waals surface area (Å²) in [7, 11) is 1.60. The zero-order chi connectivity index (χ0) is 17.0. The van der Waals surface area contributed by atoms with Crippen LogP contribution in [0.4, 0.5) is 0 Å². The van der Waals surface area contributed by atoms with Crippen molar-refractivity contribution in [2.24, 2.45) is 0 Å². The van der Waals surface area contributed by atoms with E-state index in [2.05, 4.69) is 24.3 Å². The van der Waals surface area contributed by atoms with Gasteiger partial charge in [0.25, 0.3) is 0 Å². The molecule has 5 rings (SSSR count). The van der Waals surface area contributed by atoms with Crippen LogP contribution in [-0.2, 0) is 0 Å². The number of hydrogen-bond acceptors (Lipinski definition) is 3. The maximum absolute atomic E-state index is 12.7. The van der Waals surface area contributed by atoms with Crippen LogP contribution in [0.25, 0.3) is 43.3 Å². The minimum atomic E-state index is -0.323. The van der Waals surface area contributed by atoms with Crippen LogP contribution < -0.4 is 10.4 Å². The summed E-state index contributed by atoms with van der Waals surface area (Å²) >= 11 is 0. The Hall–Kier alpha value is -3.33. The number of benzene rings is 4. The van der Waals surface area contributed by atoms with Crippen molar-refractivity contribution in [3.05, 3.63) is 77.2 Å². The molecule has 0 atom stereocenters. The molecular formula is C22H14O3. The van der Waals surface area contributed by atoms with Crippen LogP contribution in [0.5, 0.6) is 5.75 Å². The fraction of sp³-hybridized carbons (Fsp3) is 0.0455. The van der Waals surface area contributed by atoms with Gasteiger partial charge in [-0.25, -0.2) is 4.79 Å². The van der Waals surface area contributed by atoms with Crippen molar-refractivity contribution >= 4 is 43.3 Å². The van der Waals surface area contributed by atoms with E-state index >= 15 is 0 Å². The van der Waals surface area contributed by atoms with Gasteiger partial charge >= 0.3 is 5.63 Å². The quantitative estimate of drug-likeness (QED) is 0.311. The molecule has 0 aliphatic heterocycles. The Bertz CT molecular complexity index is 1350. The average molecular weight is 326 g/mol. The van der Waals surface area contributed by atoms with E-state index in [-0.39, 0.29) is 5.63 Å². The van der Waals surface area contributed by atoms with Gasteiger partial charge in [0, 0.05) is 16.8 Å². The molecule has 0 bridgehead atoms. The Morgan fingerprint density at radius 1 is 0.760 bits per heavy atom. The molecule has 3 heteroatoms. The van der Waals surface area contributed by atoms with Crippen LogP contribution in [-0.4, -0.2) is 7.11 Å². The van der Waals surface area contributed by atoms with Crippen molar-refractivity contribution in [3.63, 3.8) is 0 Å². The lowest BCUT2D eigenvalue weighted by Gasteiger charge is -2.09. The molecule has 3 nitrogen and oxygen atoms in total. The first-order chi connectivity index (χ1) is 12.3. The predicted octanol–water partition coefficient (Wildman–Crippen LogP) is 5.26. The lowest BCUT2D eigenvalue weighted by atomic mass is 9.97. The van der Waals surface area contributed by atoms with Crippen molar-refractivity contribution in [2.75, 3.05) is 7.11 Å². The van der Waals surface area contributed by atoms with Crippen LogP contribution in [0.2, 0.25) is 0 Å². The largest absolute Gasteiger partial charge is 0.497 e. The summed E-state index contributed by atoms with van der Waals surface area (Å²) in [4.78, 5) is 12.7. The number of rotatable bonds is 1. The highest BCUT2D eigenvalue weighted by molar-refractivity contribution is 6.20. The summed E-state index contributed by atoms with van der Waals surface area (Å²) < 4.78 is 10.8. The van der Waals surface area contributed by atoms with Gasteiger partial charge in [-0.05, 0) is 33.7 Å². The third kappa shape index (κ3) is 1.96. The predicted molar refractivity (Wildman–Crippen MR) is 102 cm³/mol. The fourth-order valence-corrected chi connectivity index (χ4v) is 3.62. The second kappa shape index (κ2) is 5.08. The van der Waals surface area contributed by atoms with Crippen molar-refractivity contribution in [1.82, 2.24) is 0 Å². The van der Waals surface area contributed by atoms with Crippen molar-refractivity contribution in [3.8, 4) is 5.75 Å². The molecule has 120 valence electrons. The summed E-state index contributed by atoms with van der Waals surface area (Å²) in [5.41, 5.74) is 0.216. The first-order valence-electron chi connectivity index (χ1n) is 8.11. The number of fused-ring (bicyclic) bond motifs is 7. The van der Waals surface area contributed by atoms with Gasteiger partial charge in [0.2, 0.25) is 0 Å². The zero-order valence-corrected chi connectivity index (χ0v) is 13.6. The van der Waals surface area contributed by atoms with Crippen LogP contribution in [0.15, 0.2) is 75.9 Å². The molecule has 0 fully saturated rings. The van der Waals surface area contributed by atoms with Crippen LogP contribution in [0.1, 0.15) is 0 Å². The van der Waals surface area contributed by atoms with E-state index in [9.17, 15) is 4.79 Å². The van der Waals surface area contributed by atoms with Crippen molar-refractivity contribution in [2.45, 2.75) is 0 Å². The van der Waals surface area contributed by atoms with E-state index in [4.69, 9.17) is 9.15 Å². The van der Waals surface area contributed by atoms with Gasteiger partial charge in [-0.1, -0.05) is 48.5 Å². The highest BCUT2D eigenvalue weighted by Crippen LogP contribution is 2.33. The van der Waals surface area contributed by atoms with E-state index in [1.807, 2.05) is 36.4 Å². The molecule has 1 heterocycles. The third-order valence-corrected chi connectivity index (χ3v) is 4.81. The minimum Gasteiger partial charge on any atom is -0.497 e. The van der Waals surface area contributed by atoms with E-state index in [0.29, 0.717) is 16.7 Å². The summed E-state index contributed by atoms with van der Waals surface area (Å²) in [5.74, 6) is 0.668. The second-order valence-corrected chi connectivity index (χ2v) is 6.12. The number of hydrogen-bond donors (Lipinski definition) is 0. The molecule has 0 saturated carbocycles. The van der Waals surface area contributed by atoms with Crippen molar-refractivity contribution < 1.29 is 9.15 Å². The highest BCUT2D eigenvalue weighted by atomic mass is 16.5. The van der Waals surface area contributed by atoms with E-state index < -0.39 is 0 Å². The number of ether oxygens (including phenoxy) is 1. The lowest BCUT2D eigenvalue weighted by Crippen LogP contribution is -2.01. The summed E-state index contributed by atoms with van der Waals surface area (Å²) in [6.07, 6.45) is 0. The highest BCUT2D eigenvalue weighted by Gasteiger charge is 2.12. The van der Waals surface area contributed by atoms with Gasteiger partial charge in [0.15, 0.2) is 0 Å². The SMILES string of the molecule is COc1ccc2c(c1)oc(=O)c1c2ccc2c3ccccc3ccc21. The molecule has 25 heavy (non-hydrogen) atoms. The van der Waals surface area contributed by atoms with Gasteiger partial charge in [0.1, 0.15) is 11.3 Å². The molecule has 0 N–H and O–H groups in total. The van der Waals surface area contributed by atoms with Gasteiger partial charge < -0.3 is 9.15 Å². The smallest absolute Gasteiger partial charge is 0.344 e. The summed E-state index contributed by atoms with van der Waals surface area (Å²) in [6.45, 7) is 0. The van der Waals surface area contributed by atoms with Gasteiger partial charge in [0.05, 0.1) is 12.5 Å². The molecule has 0 aliphatic rings. The first kappa shape index (κ1) is 14.1. The van der Waals surface area contributed by atoms with Gasteiger partial charge in [-0.3, -0.25) is 0 Å². The molecule has 0 saturated heterocycles. The Morgan fingerprint density at radius 3 is 2.36 bits per heavy atom. The Kier molecular flexibility index (Phi) is 2.86. The van der Waals surface area contributed by atoms with Gasteiger partial charge in [-0.15, -0.1) is 0 Å². The number of methoxy groups -OCH3 is 1. The van der Waals surface area contributed by atoms with Crippen molar-refractivity contribution in [1.29, 1.82) is 0 Å². The zero-order valence-electron chi connectivity index (χ0n) is 13.6.